The molecule has 1 heterocycles. The fourth-order valence-corrected chi connectivity index (χ4v) is 2.65. The first kappa shape index (κ1) is 12.9. The molecule has 1 atom stereocenters. The standard InChI is InChI=1S/C14H21BrN2/c1-11-3-4-13(9-14(11)15)17(2)8-6-12-5-7-16-10-12/h3-4,9,12,16H,5-8,10H2,1-2H3. The molecule has 1 fully saturated rings. The van der Waals surface area contributed by atoms with Gasteiger partial charge in [0.1, 0.15) is 0 Å². The van der Waals surface area contributed by atoms with E-state index in [1.165, 1.54) is 41.7 Å². The molecule has 2 nitrogen and oxygen atoms in total. The van der Waals surface area contributed by atoms with Crippen LogP contribution < -0.4 is 10.2 Å². The Kier molecular flexibility index (Phi) is 4.46. The summed E-state index contributed by atoms with van der Waals surface area (Å²) in [6.45, 7) is 5.66. The van der Waals surface area contributed by atoms with Gasteiger partial charge in [0, 0.05) is 23.8 Å². The lowest BCUT2D eigenvalue weighted by atomic mass is 10.0. The van der Waals surface area contributed by atoms with Crippen molar-refractivity contribution < 1.29 is 0 Å². The fraction of sp³-hybridized carbons (Fsp3) is 0.571. The zero-order valence-electron chi connectivity index (χ0n) is 10.7. The average molecular weight is 297 g/mol. The molecule has 1 aliphatic heterocycles. The van der Waals surface area contributed by atoms with Crippen LogP contribution in [0.25, 0.3) is 0 Å². The van der Waals surface area contributed by atoms with Crippen molar-refractivity contribution in [1.29, 1.82) is 0 Å². The monoisotopic (exact) mass is 296 g/mol. The van der Waals surface area contributed by atoms with Gasteiger partial charge in [0.25, 0.3) is 0 Å². The Bertz CT molecular complexity index is 372. The van der Waals surface area contributed by atoms with Crippen molar-refractivity contribution in [2.75, 3.05) is 31.6 Å². The summed E-state index contributed by atoms with van der Waals surface area (Å²) in [7, 11) is 2.18. The lowest BCUT2D eigenvalue weighted by Gasteiger charge is -2.21. The summed E-state index contributed by atoms with van der Waals surface area (Å²) in [5.41, 5.74) is 2.59. The molecule has 1 saturated heterocycles. The van der Waals surface area contributed by atoms with Crippen molar-refractivity contribution in [2.24, 2.45) is 5.92 Å². The normalized spacial score (nSPS) is 19.6. The molecule has 1 aromatic rings. The second kappa shape index (κ2) is 5.87. The minimum Gasteiger partial charge on any atom is -0.375 e. The highest BCUT2D eigenvalue weighted by Crippen LogP contribution is 2.23. The van der Waals surface area contributed by atoms with E-state index in [4.69, 9.17) is 0 Å². The van der Waals surface area contributed by atoms with Crippen molar-refractivity contribution in [3.63, 3.8) is 0 Å². The second-order valence-corrected chi connectivity index (χ2v) is 5.86. The maximum Gasteiger partial charge on any atom is 0.0375 e. The molecule has 0 bridgehead atoms. The summed E-state index contributed by atoms with van der Waals surface area (Å²) in [5.74, 6) is 0.867. The van der Waals surface area contributed by atoms with Crippen molar-refractivity contribution in [1.82, 2.24) is 5.32 Å². The van der Waals surface area contributed by atoms with Gasteiger partial charge < -0.3 is 10.2 Å². The molecule has 1 N–H and O–H groups in total. The van der Waals surface area contributed by atoms with E-state index in [0.29, 0.717) is 0 Å². The summed E-state index contributed by atoms with van der Waals surface area (Å²) >= 11 is 3.60. The predicted molar refractivity (Wildman–Crippen MR) is 77.7 cm³/mol. The van der Waals surface area contributed by atoms with Gasteiger partial charge in [0.2, 0.25) is 0 Å². The van der Waals surface area contributed by atoms with Crippen molar-refractivity contribution in [3.8, 4) is 0 Å². The van der Waals surface area contributed by atoms with Gasteiger partial charge >= 0.3 is 0 Å². The van der Waals surface area contributed by atoms with Gasteiger partial charge in [0.15, 0.2) is 0 Å². The quantitative estimate of drug-likeness (QED) is 0.918. The van der Waals surface area contributed by atoms with Gasteiger partial charge in [-0.2, -0.15) is 0 Å². The van der Waals surface area contributed by atoms with E-state index in [2.05, 4.69) is 58.3 Å². The molecular weight excluding hydrogens is 276 g/mol. The van der Waals surface area contributed by atoms with E-state index >= 15 is 0 Å². The summed E-state index contributed by atoms with van der Waals surface area (Å²) in [5, 5.41) is 3.43. The Balaban J connectivity index is 1.89. The van der Waals surface area contributed by atoms with E-state index in [1.807, 2.05) is 0 Å². The van der Waals surface area contributed by atoms with Gasteiger partial charge in [-0.25, -0.2) is 0 Å². The van der Waals surface area contributed by atoms with Crippen molar-refractivity contribution >= 4 is 21.6 Å². The first-order chi connectivity index (χ1) is 8.16. The van der Waals surface area contributed by atoms with Crippen LogP contribution in [0.15, 0.2) is 22.7 Å². The highest BCUT2D eigenvalue weighted by Gasteiger charge is 2.14. The van der Waals surface area contributed by atoms with E-state index < -0.39 is 0 Å². The Morgan fingerprint density at radius 1 is 1.47 bits per heavy atom. The SMILES string of the molecule is Cc1ccc(N(C)CCC2CCNC2)cc1Br. The fourth-order valence-electron chi connectivity index (χ4n) is 2.29. The van der Waals surface area contributed by atoms with E-state index in [0.717, 1.165) is 12.5 Å². The molecule has 3 heteroatoms. The van der Waals surface area contributed by atoms with Crippen LogP contribution in [0.1, 0.15) is 18.4 Å². The highest BCUT2D eigenvalue weighted by atomic mass is 79.9. The number of halogens is 1. The first-order valence-electron chi connectivity index (χ1n) is 6.35. The molecule has 1 unspecified atom stereocenters. The molecule has 17 heavy (non-hydrogen) atoms. The maximum atomic E-state index is 3.60. The Morgan fingerprint density at radius 3 is 2.94 bits per heavy atom. The molecule has 0 aliphatic carbocycles. The van der Waals surface area contributed by atoms with Gasteiger partial charge in [-0.15, -0.1) is 0 Å². The third-order valence-electron chi connectivity index (χ3n) is 3.63. The number of hydrogen-bond acceptors (Lipinski definition) is 2. The Labute approximate surface area is 113 Å². The number of aryl methyl sites for hydroxylation is 1. The van der Waals surface area contributed by atoms with E-state index in [-0.39, 0.29) is 0 Å². The number of nitrogens with one attached hydrogen (secondary N) is 1. The number of hydrogen-bond donors (Lipinski definition) is 1. The third kappa shape index (κ3) is 3.46. The molecular formula is C14H21BrN2. The van der Waals surface area contributed by atoms with Crippen LogP contribution in [0, 0.1) is 12.8 Å². The first-order valence-corrected chi connectivity index (χ1v) is 7.14. The average Bonchev–Trinajstić information content (AvgIpc) is 2.82. The third-order valence-corrected chi connectivity index (χ3v) is 4.49. The number of rotatable bonds is 4. The van der Waals surface area contributed by atoms with E-state index in [9.17, 15) is 0 Å². The van der Waals surface area contributed by atoms with Gasteiger partial charge in [-0.1, -0.05) is 22.0 Å². The summed E-state index contributed by atoms with van der Waals surface area (Å²) in [4.78, 5) is 2.35. The molecule has 2 rings (SSSR count). The van der Waals surface area contributed by atoms with Crippen LogP contribution in [-0.2, 0) is 0 Å². The van der Waals surface area contributed by atoms with Crippen LogP contribution in [0.3, 0.4) is 0 Å². The van der Waals surface area contributed by atoms with E-state index in [1.54, 1.807) is 0 Å². The second-order valence-electron chi connectivity index (χ2n) is 5.00. The van der Waals surface area contributed by atoms with Crippen molar-refractivity contribution in [3.05, 3.63) is 28.2 Å². The summed E-state index contributed by atoms with van der Waals surface area (Å²) < 4.78 is 1.20. The largest absolute Gasteiger partial charge is 0.375 e. The molecule has 0 radical (unpaired) electrons. The van der Waals surface area contributed by atoms with Gasteiger partial charge in [-0.05, 0) is 56.5 Å². The number of benzene rings is 1. The summed E-state index contributed by atoms with van der Waals surface area (Å²) in [6, 6.07) is 6.59. The predicted octanol–water partition coefficient (Wildman–Crippen LogP) is 3.19. The minimum absolute atomic E-state index is 0.867. The van der Waals surface area contributed by atoms with Crippen molar-refractivity contribution in [2.45, 2.75) is 19.8 Å². The minimum atomic E-state index is 0.867. The van der Waals surface area contributed by atoms with Gasteiger partial charge in [0.05, 0.1) is 0 Å². The summed E-state index contributed by atoms with van der Waals surface area (Å²) in [6.07, 6.45) is 2.63. The molecule has 0 saturated carbocycles. The topological polar surface area (TPSA) is 15.3 Å². The molecule has 0 amide bonds. The lowest BCUT2D eigenvalue weighted by Crippen LogP contribution is -2.21. The van der Waals surface area contributed by atoms with Crippen LogP contribution in [0.4, 0.5) is 5.69 Å². The maximum absolute atomic E-state index is 3.60. The number of anilines is 1. The molecule has 0 aromatic heterocycles. The lowest BCUT2D eigenvalue weighted by molar-refractivity contribution is 0.533. The molecule has 1 aromatic carbocycles. The molecule has 94 valence electrons. The molecule has 1 aliphatic rings. The zero-order valence-corrected chi connectivity index (χ0v) is 12.3. The van der Waals surface area contributed by atoms with Crippen LogP contribution in [0.5, 0.6) is 0 Å². The van der Waals surface area contributed by atoms with Crippen LogP contribution >= 0.6 is 15.9 Å². The number of nitrogens with zero attached hydrogens (tertiary/aromatic N) is 1. The Hall–Kier alpha value is -0.540. The van der Waals surface area contributed by atoms with Crippen LogP contribution in [-0.4, -0.2) is 26.7 Å². The zero-order chi connectivity index (χ0) is 12.3. The van der Waals surface area contributed by atoms with Crippen LogP contribution in [0.2, 0.25) is 0 Å². The smallest absolute Gasteiger partial charge is 0.0375 e. The Morgan fingerprint density at radius 2 is 2.29 bits per heavy atom. The highest BCUT2D eigenvalue weighted by molar-refractivity contribution is 9.10. The van der Waals surface area contributed by atoms with Gasteiger partial charge in [-0.3, -0.25) is 0 Å². The molecule has 0 spiro atoms.